The highest BCUT2D eigenvalue weighted by Gasteiger charge is 2.11. The van der Waals surface area contributed by atoms with Gasteiger partial charge in [0.25, 0.3) is 0 Å². The summed E-state index contributed by atoms with van der Waals surface area (Å²) in [5.74, 6) is 0.402. The van der Waals surface area contributed by atoms with Gasteiger partial charge >= 0.3 is 0 Å². The lowest BCUT2D eigenvalue weighted by atomic mass is 10.0. The first-order valence-corrected chi connectivity index (χ1v) is 3.67. The molecule has 0 bridgehead atoms. The number of hydrogen-bond donors (Lipinski definition) is 1. The summed E-state index contributed by atoms with van der Waals surface area (Å²) in [5, 5.41) is 6.63. The Morgan fingerprint density at radius 1 is 1.64 bits per heavy atom. The summed E-state index contributed by atoms with van der Waals surface area (Å²) in [6, 6.07) is 0. The molecule has 3 heteroatoms. The van der Waals surface area contributed by atoms with E-state index >= 15 is 0 Å². The molecule has 3 nitrogen and oxygen atoms in total. The van der Waals surface area contributed by atoms with Gasteiger partial charge in [0.2, 0.25) is 0 Å². The topological polar surface area (TPSA) is 45.8 Å². The molecular formula is C8H12N2O. The number of carbonyl (C=O) groups excluding carboxylic acids is 1. The smallest absolute Gasteiger partial charge is 0.163 e. The van der Waals surface area contributed by atoms with Crippen LogP contribution in [0.4, 0.5) is 0 Å². The van der Waals surface area contributed by atoms with Crippen molar-refractivity contribution in [3.63, 3.8) is 0 Å². The first-order valence-electron chi connectivity index (χ1n) is 3.67. The third kappa shape index (κ3) is 1.48. The zero-order valence-electron chi connectivity index (χ0n) is 7.01. The van der Waals surface area contributed by atoms with Crippen molar-refractivity contribution in [2.45, 2.75) is 26.7 Å². The van der Waals surface area contributed by atoms with E-state index in [1.54, 1.807) is 13.1 Å². The molecule has 0 aliphatic carbocycles. The van der Waals surface area contributed by atoms with Gasteiger partial charge in [-0.25, -0.2) is 0 Å². The zero-order chi connectivity index (χ0) is 8.43. The Balaban J connectivity index is 3.06. The maximum absolute atomic E-state index is 11.0. The number of nitrogens with zero attached hydrogens (tertiary/aromatic N) is 1. The standard InChI is InChI=1S/C8H12N2O/c1-5(2)8-7(6(3)11)4-9-10-8/h4-5H,1-3H3,(H,9,10). The number of nitrogens with one attached hydrogen (secondary N) is 1. The first kappa shape index (κ1) is 7.98. The van der Waals surface area contributed by atoms with Crippen molar-refractivity contribution in [3.8, 4) is 0 Å². The van der Waals surface area contributed by atoms with E-state index < -0.39 is 0 Å². The summed E-state index contributed by atoms with van der Waals surface area (Å²) in [7, 11) is 0. The van der Waals surface area contributed by atoms with Crippen LogP contribution in [0.5, 0.6) is 0 Å². The lowest BCUT2D eigenvalue weighted by molar-refractivity contribution is 0.101. The molecule has 0 radical (unpaired) electrons. The monoisotopic (exact) mass is 152 g/mol. The van der Waals surface area contributed by atoms with E-state index in [1.165, 1.54) is 0 Å². The number of Topliss-reactive ketones (excluding diaryl/α,β-unsaturated/α-hetero) is 1. The molecule has 1 aromatic rings. The summed E-state index contributed by atoms with van der Waals surface area (Å²) < 4.78 is 0. The molecule has 0 saturated carbocycles. The molecule has 1 heterocycles. The molecule has 0 amide bonds. The summed E-state index contributed by atoms with van der Waals surface area (Å²) >= 11 is 0. The van der Waals surface area contributed by atoms with Crippen LogP contribution in [0.3, 0.4) is 0 Å². The molecule has 0 fully saturated rings. The van der Waals surface area contributed by atoms with Crippen molar-refractivity contribution in [3.05, 3.63) is 17.5 Å². The molecule has 60 valence electrons. The third-order valence-corrected chi connectivity index (χ3v) is 1.63. The van der Waals surface area contributed by atoms with E-state index in [2.05, 4.69) is 10.2 Å². The minimum absolute atomic E-state index is 0.0717. The van der Waals surface area contributed by atoms with Crippen molar-refractivity contribution >= 4 is 5.78 Å². The second kappa shape index (κ2) is 2.86. The van der Waals surface area contributed by atoms with Crippen molar-refractivity contribution in [2.24, 2.45) is 0 Å². The van der Waals surface area contributed by atoms with Crippen LogP contribution in [0.25, 0.3) is 0 Å². The fourth-order valence-corrected chi connectivity index (χ4v) is 1.02. The Hall–Kier alpha value is -1.12. The Bertz CT molecular complexity index is 263. The molecule has 0 aliphatic rings. The fourth-order valence-electron chi connectivity index (χ4n) is 1.02. The van der Waals surface area contributed by atoms with E-state index in [4.69, 9.17) is 0 Å². The minimum Gasteiger partial charge on any atom is -0.294 e. The van der Waals surface area contributed by atoms with Crippen LogP contribution in [0.1, 0.15) is 42.7 Å². The highest BCUT2D eigenvalue weighted by molar-refractivity contribution is 5.95. The number of H-pyrrole nitrogens is 1. The predicted molar refractivity (Wildman–Crippen MR) is 42.7 cm³/mol. The number of aromatic amines is 1. The fraction of sp³-hybridized carbons (Fsp3) is 0.500. The van der Waals surface area contributed by atoms with Gasteiger partial charge < -0.3 is 0 Å². The molecule has 0 saturated heterocycles. The second-order valence-electron chi connectivity index (χ2n) is 2.91. The quantitative estimate of drug-likeness (QED) is 0.656. The zero-order valence-corrected chi connectivity index (χ0v) is 7.01. The van der Waals surface area contributed by atoms with E-state index in [-0.39, 0.29) is 5.78 Å². The van der Waals surface area contributed by atoms with Crippen molar-refractivity contribution in [1.82, 2.24) is 10.2 Å². The van der Waals surface area contributed by atoms with Gasteiger partial charge in [0, 0.05) is 5.69 Å². The van der Waals surface area contributed by atoms with Gasteiger partial charge in [-0.15, -0.1) is 0 Å². The minimum atomic E-state index is 0.0717. The Morgan fingerprint density at radius 2 is 2.27 bits per heavy atom. The van der Waals surface area contributed by atoms with Gasteiger partial charge in [0.15, 0.2) is 5.78 Å². The van der Waals surface area contributed by atoms with Crippen molar-refractivity contribution in [2.75, 3.05) is 0 Å². The number of carbonyl (C=O) groups is 1. The molecule has 1 N–H and O–H groups in total. The lowest BCUT2D eigenvalue weighted by Crippen LogP contribution is -1.98. The summed E-state index contributed by atoms with van der Waals surface area (Å²) in [5.41, 5.74) is 1.64. The third-order valence-electron chi connectivity index (χ3n) is 1.63. The van der Waals surface area contributed by atoms with Crippen LogP contribution in [0.15, 0.2) is 6.20 Å². The molecule has 1 rings (SSSR count). The number of rotatable bonds is 2. The maximum atomic E-state index is 11.0. The van der Waals surface area contributed by atoms with Gasteiger partial charge in [-0.3, -0.25) is 9.89 Å². The van der Waals surface area contributed by atoms with Crippen LogP contribution in [0, 0.1) is 0 Å². The number of ketones is 1. The van der Waals surface area contributed by atoms with Crippen molar-refractivity contribution in [1.29, 1.82) is 0 Å². The average molecular weight is 152 g/mol. The van der Waals surface area contributed by atoms with Gasteiger partial charge in [-0.1, -0.05) is 13.8 Å². The molecule has 1 aromatic heterocycles. The molecule has 0 aliphatic heterocycles. The largest absolute Gasteiger partial charge is 0.294 e. The Labute approximate surface area is 65.8 Å². The SMILES string of the molecule is CC(=O)c1cn[nH]c1C(C)C. The highest BCUT2D eigenvalue weighted by atomic mass is 16.1. The lowest BCUT2D eigenvalue weighted by Gasteiger charge is -2.01. The van der Waals surface area contributed by atoms with Crippen LogP contribution in [-0.2, 0) is 0 Å². The summed E-state index contributed by atoms with van der Waals surface area (Å²) in [4.78, 5) is 11.0. The molecular weight excluding hydrogens is 140 g/mol. The summed E-state index contributed by atoms with van der Waals surface area (Å²) in [6.45, 7) is 5.61. The van der Waals surface area contributed by atoms with E-state index in [9.17, 15) is 4.79 Å². The predicted octanol–water partition coefficient (Wildman–Crippen LogP) is 1.74. The molecule has 0 spiro atoms. The second-order valence-corrected chi connectivity index (χ2v) is 2.91. The first-order chi connectivity index (χ1) is 5.13. The van der Waals surface area contributed by atoms with E-state index in [0.717, 1.165) is 5.69 Å². The van der Waals surface area contributed by atoms with Gasteiger partial charge in [0.05, 0.1) is 11.8 Å². The number of aromatic nitrogens is 2. The van der Waals surface area contributed by atoms with E-state index in [0.29, 0.717) is 11.5 Å². The average Bonchev–Trinajstić information content (AvgIpc) is 2.32. The van der Waals surface area contributed by atoms with Crippen LogP contribution >= 0.6 is 0 Å². The van der Waals surface area contributed by atoms with Gasteiger partial charge in [0.1, 0.15) is 0 Å². The number of hydrogen-bond acceptors (Lipinski definition) is 2. The van der Waals surface area contributed by atoms with Crippen molar-refractivity contribution < 1.29 is 4.79 Å². The summed E-state index contributed by atoms with van der Waals surface area (Å²) in [6.07, 6.45) is 1.58. The van der Waals surface area contributed by atoms with Gasteiger partial charge in [-0.2, -0.15) is 5.10 Å². The molecule has 0 atom stereocenters. The van der Waals surface area contributed by atoms with Crippen LogP contribution in [-0.4, -0.2) is 16.0 Å². The Morgan fingerprint density at radius 3 is 2.64 bits per heavy atom. The van der Waals surface area contributed by atoms with Crippen LogP contribution in [0.2, 0.25) is 0 Å². The van der Waals surface area contributed by atoms with Gasteiger partial charge in [-0.05, 0) is 12.8 Å². The Kier molecular flexibility index (Phi) is 2.08. The normalized spacial score (nSPS) is 10.5. The van der Waals surface area contributed by atoms with E-state index in [1.807, 2.05) is 13.8 Å². The molecule has 0 aromatic carbocycles. The molecule has 0 unspecified atom stereocenters. The molecule has 11 heavy (non-hydrogen) atoms. The highest BCUT2D eigenvalue weighted by Crippen LogP contribution is 2.15. The van der Waals surface area contributed by atoms with Crippen LogP contribution < -0.4 is 0 Å². The maximum Gasteiger partial charge on any atom is 0.163 e.